The summed E-state index contributed by atoms with van der Waals surface area (Å²) in [6.45, 7) is 0.827. The van der Waals surface area contributed by atoms with Crippen molar-refractivity contribution in [2.75, 3.05) is 6.61 Å². The van der Waals surface area contributed by atoms with Gasteiger partial charge in [0.05, 0.1) is 12.2 Å². The van der Waals surface area contributed by atoms with Gasteiger partial charge in [0, 0.05) is 18.6 Å². The van der Waals surface area contributed by atoms with Crippen LogP contribution in [0.25, 0.3) is 0 Å². The third-order valence-electron chi connectivity index (χ3n) is 3.59. The maximum absolute atomic E-state index is 13.4. The molecule has 0 radical (unpaired) electrons. The van der Waals surface area contributed by atoms with E-state index in [4.69, 9.17) is 4.74 Å². The Hall–Kier alpha value is -1.00. The lowest BCUT2D eigenvalue weighted by atomic mass is 10.0. The predicted octanol–water partition coefficient (Wildman–Crippen LogP) is 3.22. The second kappa shape index (κ2) is 6.96. The smallest absolute Gasteiger partial charge is 0.129 e. The number of rotatable bonds is 6. The van der Waals surface area contributed by atoms with E-state index in [0.717, 1.165) is 32.3 Å². The van der Waals surface area contributed by atoms with Crippen LogP contribution in [-0.2, 0) is 11.2 Å². The fourth-order valence-electron chi connectivity index (χ4n) is 2.52. The number of hydrogen-bond acceptors (Lipinski definition) is 2. The van der Waals surface area contributed by atoms with Crippen molar-refractivity contribution < 1.29 is 18.6 Å². The van der Waals surface area contributed by atoms with Crippen LogP contribution in [0.1, 0.15) is 37.7 Å². The molecule has 4 heteroatoms. The van der Waals surface area contributed by atoms with Gasteiger partial charge in [-0.3, -0.25) is 0 Å². The summed E-state index contributed by atoms with van der Waals surface area (Å²) in [5.74, 6) is -1.17. The van der Waals surface area contributed by atoms with Crippen LogP contribution in [0.5, 0.6) is 0 Å². The molecule has 0 amide bonds. The van der Waals surface area contributed by atoms with Gasteiger partial charge >= 0.3 is 0 Å². The third-order valence-corrected chi connectivity index (χ3v) is 3.59. The zero-order valence-corrected chi connectivity index (χ0v) is 10.9. The average molecular weight is 270 g/mol. The standard InChI is InChI=1S/C15H20F2O2/c16-14-7-2-8-15(17)13(14)10-11(18)4-1-5-12-6-3-9-19-12/h2,7-8,11-12,18H,1,3-6,9-10H2. The first-order valence-corrected chi connectivity index (χ1v) is 6.89. The molecule has 1 saturated heterocycles. The van der Waals surface area contributed by atoms with Crippen LogP contribution in [0, 0.1) is 11.6 Å². The molecule has 0 saturated carbocycles. The number of ether oxygens (including phenoxy) is 1. The predicted molar refractivity (Wildman–Crippen MR) is 68.9 cm³/mol. The summed E-state index contributed by atoms with van der Waals surface area (Å²) < 4.78 is 32.3. The molecule has 1 heterocycles. The molecule has 1 aromatic rings. The highest BCUT2D eigenvalue weighted by Gasteiger charge is 2.17. The van der Waals surface area contributed by atoms with Gasteiger partial charge in [0.25, 0.3) is 0 Å². The molecule has 1 aliphatic heterocycles. The van der Waals surface area contributed by atoms with Gasteiger partial charge in [-0.1, -0.05) is 6.07 Å². The summed E-state index contributed by atoms with van der Waals surface area (Å²) in [7, 11) is 0. The number of benzene rings is 1. The highest BCUT2D eigenvalue weighted by atomic mass is 19.1. The van der Waals surface area contributed by atoms with Crippen molar-refractivity contribution in [3.05, 3.63) is 35.4 Å². The molecule has 2 atom stereocenters. The van der Waals surface area contributed by atoms with E-state index in [1.165, 1.54) is 18.2 Å². The Morgan fingerprint density at radius 3 is 2.68 bits per heavy atom. The van der Waals surface area contributed by atoms with Crippen molar-refractivity contribution in [3.63, 3.8) is 0 Å². The van der Waals surface area contributed by atoms with E-state index in [2.05, 4.69) is 0 Å². The van der Waals surface area contributed by atoms with Crippen LogP contribution in [0.15, 0.2) is 18.2 Å². The highest BCUT2D eigenvalue weighted by molar-refractivity contribution is 5.20. The van der Waals surface area contributed by atoms with Gasteiger partial charge in [0.1, 0.15) is 11.6 Å². The quantitative estimate of drug-likeness (QED) is 0.860. The monoisotopic (exact) mass is 270 g/mol. The second-order valence-electron chi connectivity index (χ2n) is 5.12. The Labute approximate surface area is 112 Å². The summed E-state index contributed by atoms with van der Waals surface area (Å²) in [5.41, 5.74) is -0.0212. The normalized spacial score (nSPS) is 20.7. The lowest BCUT2D eigenvalue weighted by Crippen LogP contribution is -2.14. The number of aliphatic hydroxyl groups excluding tert-OH is 1. The first-order valence-electron chi connectivity index (χ1n) is 6.89. The van der Waals surface area contributed by atoms with Crippen LogP contribution in [0.3, 0.4) is 0 Å². The van der Waals surface area contributed by atoms with Gasteiger partial charge in [0.2, 0.25) is 0 Å². The largest absolute Gasteiger partial charge is 0.393 e. The first kappa shape index (κ1) is 14.4. The molecule has 106 valence electrons. The Bertz CT molecular complexity index is 383. The zero-order chi connectivity index (χ0) is 13.7. The molecule has 0 aliphatic carbocycles. The number of aliphatic hydroxyl groups is 1. The van der Waals surface area contributed by atoms with E-state index < -0.39 is 17.7 Å². The Morgan fingerprint density at radius 1 is 1.32 bits per heavy atom. The molecule has 2 unspecified atom stereocenters. The second-order valence-corrected chi connectivity index (χ2v) is 5.12. The van der Waals surface area contributed by atoms with E-state index in [9.17, 15) is 13.9 Å². The highest BCUT2D eigenvalue weighted by Crippen LogP contribution is 2.20. The molecule has 1 aliphatic rings. The summed E-state index contributed by atoms with van der Waals surface area (Å²) in [4.78, 5) is 0. The maximum Gasteiger partial charge on any atom is 0.129 e. The van der Waals surface area contributed by atoms with Crippen molar-refractivity contribution in [1.29, 1.82) is 0 Å². The van der Waals surface area contributed by atoms with Crippen molar-refractivity contribution in [2.24, 2.45) is 0 Å². The summed E-state index contributed by atoms with van der Waals surface area (Å²) in [6, 6.07) is 3.77. The van der Waals surface area contributed by atoms with Crippen molar-refractivity contribution in [2.45, 2.75) is 50.7 Å². The van der Waals surface area contributed by atoms with E-state index in [0.29, 0.717) is 12.5 Å². The molecule has 0 bridgehead atoms. The van der Waals surface area contributed by atoms with E-state index in [-0.39, 0.29) is 12.0 Å². The van der Waals surface area contributed by atoms with Crippen molar-refractivity contribution >= 4 is 0 Å². The van der Waals surface area contributed by atoms with Gasteiger partial charge in [-0.15, -0.1) is 0 Å². The van der Waals surface area contributed by atoms with Gasteiger partial charge in [-0.25, -0.2) is 8.78 Å². The first-order chi connectivity index (χ1) is 9.16. The van der Waals surface area contributed by atoms with Crippen LogP contribution in [0.4, 0.5) is 8.78 Å². The Balaban J connectivity index is 1.75. The van der Waals surface area contributed by atoms with Gasteiger partial charge in [-0.2, -0.15) is 0 Å². The summed E-state index contributed by atoms with van der Waals surface area (Å²) in [5, 5.41) is 9.85. The van der Waals surface area contributed by atoms with Crippen molar-refractivity contribution in [1.82, 2.24) is 0 Å². The number of hydrogen-bond donors (Lipinski definition) is 1. The van der Waals surface area contributed by atoms with Crippen LogP contribution < -0.4 is 0 Å². The van der Waals surface area contributed by atoms with E-state index >= 15 is 0 Å². The minimum Gasteiger partial charge on any atom is -0.393 e. The van der Waals surface area contributed by atoms with Gasteiger partial charge in [0.15, 0.2) is 0 Å². The van der Waals surface area contributed by atoms with Crippen LogP contribution in [0.2, 0.25) is 0 Å². The van der Waals surface area contributed by atoms with Gasteiger partial charge in [-0.05, 0) is 44.2 Å². The van der Waals surface area contributed by atoms with E-state index in [1.54, 1.807) is 0 Å². The lowest BCUT2D eigenvalue weighted by Gasteiger charge is -2.13. The number of halogens is 2. The summed E-state index contributed by atoms with van der Waals surface area (Å²) >= 11 is 0. The molecule has 19 heavy (non-hydrogen) atoms. The van der Waals surface area contributed by atoms with E-state index in [1.807, 2.05) is 0 Å². The van der Waals surface area contributed by atoms with Crippen molar-refractivity contribution in [3.8, 4) is 0 Å². The fourth-order valence-corrected chi connectivity index (χ4v) is 2.52. The molecular formula is C15H20F2O2. The minimum atomic E-state index is -0.701. The zero-order valence-electron chi connectivity index (χ0n) is 10.9. The Morgan fingerprint density at radius 2 is 2.05 bits per heavy atom. The lowest BCUT2D eigenvalue weighted by molar-refractivity contribution is 0.0942. The van der Waals surface area contributed by atoms with Crippen LogP contribution >= 0.6 is 0 Å². The fraction of sp³-hybridized carbons (Fsp3) is 0.600. The van der Waals surface area contributed by atoms with Crippen LogP contribution in [-0.4, -0.2) is 23.9 Å². The third kappa shape index (κ3) is 4.25. The molecule has 2 nitrogen and oxygen atoms in total. The molecule has 0 spiro atoms. The maximum atomic E-state index is 13.4. The topological polar surface area (TPSA) is 29.5 Å². The van der Waals surface area contributed by atoms with Gasteiger partial charge < -0.3 is 9.84 Å². The average Bonchev–Trinajstić information content (AvgIpc) is 2.87. The SMILES string of the molecule is OC(CCCC1CCCO1)Cc1c(F)cccc1F. The molecule has 1 fully saturated rings. The minimum absolute atomic E-state index is 0.0212. The molecule has 2 rings (SSSR count). The molecule has 1 N–H and O–H groups in total. The Kier molecular flexibility index (Phi) is 5.28. The summed E-state index contributed by atoms with van der Waals surface area (Å²) in [6.07, 6.45) is 4.10. The molecular weight excluding hydrogens is 250 g/mol. The molecule has 0 aromatic heterocycles. The molecule has 1 aromatic carbocycles.